The zero-order valence-corrected chi connectivity index (χ0v) is 28.0. The van der Waals surface area contributed by atoms with E-state index in [1.807, 2.05) is 0 Å². The fourth-order valence-corrected chi connectivity index (χ4v) is 12.2. The van der Waals surface area contributed by atoms with Crippen LogP contribution in [0.1, 0.15) is 152 Å². The number of carbonyl (C=O) groups excluding carboxylic acids is 2. The van der Waals surface area contributed by atoms with E-state index in [9.17, 15) is 9.59 Å². The number of amides is 1. The largest absolute Gasteiger partial charge is 0.462 e. The molecule has 1 amide bonds. The molecule has 0 spiro atoms. The molecule has 8 atom stereocenters. The Kier molecular flexibility index (Phi) is 8.52. The van der Waals surface area contributed by atoms with E-state index < -0.39 is 0 Å². The molecule has 1 N–H and O–H groups in total. The molecule has 5 saturated carbocycles. The predicted molar refractivity (Wildman–Crippen MR) is 167 cm³/mol. The highest BCUT2D eigenvalue weighted by atomic mass is 16.5. The van der Waals surface area contributed by atoms with Gasteiger partial charge in [0.15, 0.2) is 0 Å². The SMILES string of the molecule is CC(=O)OC1CCC(C)(C2CCC3C4CCCC4(C(=O)NCCC4CCCCC4)CC[C@@]3(C)C2(C)C)C(C)C1(C)C. The lowest BCUT2D eigenvalue weighted by Crippen LogP contribution is -2.63. The average molecular weight is 570 g/mol. The number of hydrogen-bond acceptors (Lipinski definition) is 3. The van der Waals surface area contributed by atoms with Crippen LogP contribution in [-0.2, 0) is 14.3 Å². The summed E-state index contributed by atoms with van der Waals surface area (Å²) < 4.78 is 5.88. The Hall–Kier alpha value is -1.06. The van der Waals surface area contributed by atoms with Gasteiger partial charge in [0.2, 0.25) is 5.91 Å². The van der Waals surface area contributed by atoms with Crippen LogP contribution in [0.4, 0.5) is 0 Å². The fourth-order valence-electron chi connectivity index (χ4n) is 12.2. The molecule has 0 aromatic heterocycles. The zero-order valence-electron chi connectivity index (χ0n) is 28.0. The number of carbonyl (C=O) groups is 2. The number of ether oxygens (including phenoxy) is 1. The lowest BCUT2D eigenvalue weighted by atomic mass is 9.36. The zero-order chi connectivity index (χ0) is 29.8. The minimum absolute atomic E-state index is 0.00326. The lowest BCUT2D eigenvalue weighted by Gasteiger charge is -2.68. The van der Waals surface area contributed by atoms with Crippen LogP contribution in [-0.4, -0.2) is 24.5 Å². The summed E-state index contributed by atoms with van der Waals surface area (Å²) in [5, 5.41) is 3.51. The van der Waals surface area contributed by atoms with Crippen molar-refractivity contribution < 1.29 is 14.3 Å². The number of nitrogens with one attached hydrogen (secondary N) is 1. The first kappa shape index (κ1) is 31.4. The summed E-state index contributed by atoms with van der Waals surface area (Å²) in [7, 11) is 0. The van der Waals surface area contributed by atoms with E-state index in [1.54, 1.807) is 6.92 Å². The molecule has 234 valence electrons. The van der Waals surface area contributed by atoms with E-state index in [0.717, 1.165) is 38.1 Å². The van der Waals surface area contributed by atoms with Gasteiger partial charge in [0, 0.05) is 18.9 Å². The van der Waals surface area contributed by atoms with Crippen molar-refractivity contribution in [2.45, 2.75) is 158 Å². The van der Waals surface area contributed by atoms with Crippen LogP contribution in [0.3, 0.4) is 0 Å². The Morgan fingerprint density at radius 3 is 2.17 bits per heavy atom. The van der Waals surface area contributed by atoms with Crippen molar-refractivity contribution in [1.29, 1.82) is 0 Å². The van der Waals surface area contributed by atoms with Crippen LogP contribution in [0.5, 0.6) is 0 Å². The molecule has 0 saturated heterocycles. The van der Waals surface area contributed by atoms with Crippen molar-refractivity contribution in [2.75, 3.05) is 6.54 Å². The second-order valence-corrected chi connectivity index (χ2v) is 17.3. The first-order valence-corrected chi connectivity index (χ1v) is 17.7. The van der Waals surface area contributed by atoms with Crippen molar-refractivity contribution in [3.05, 3.63) is 0 Å². The standard InChI is InChI=1S/C37H63NO3/c1-25-33(3,4)31(41-26(2)39)18-21-35(25,7)30-17-16-28-29-15-12-20-37(29,23-22-36(28,8)34(30,5)6)32(40)38-24-19-27-13-10-9-11-14-27/h25,27-31H,9-24H2,1-8H3,(H,38,40)/t25?,28?,29?,30?,31?,35?,36-,37?/m1/s1. The Bertz CT molecular complexity index is 981. The van der Waals surface area contributed by atoms with Gasteiger partial charge in [-0.3, -0.25) is 9.59 Å². The van der Waals surface area contributed by atoms with E-state index >= 15 is 0 Å². The molecular formula is C37H63NO3. The fraction of sp³-hybridized carbons (Fsp3) is 0.946. The van der Waals surface area contributed by atoms with Crippen molar-refractivity contribution in [2.24, 2.45) is 56.7 Å². The summed E-state index contributed by atoms with van der Waals surface area (Å²) >= 11 is 0. The normalized spacial score (nSPS) is 44.0. The van der Waals surface area contributed by atoms with E-state index in [0.29, 0.717) is 29.6 Å². The smallest absolute Gasteiger partial charge is 0.302 e. The molecule has 0 bridgehead atoms. The number of hydrogen-bond donors (Lipinski definition) is 1. The lowest BCUT2D eigenvalue weighted by molar-refractivity contribution is -0.212. The van der Waals surface area contributed by atoms with Crippen molar-refractivity contribution in [1.82, 2.24) is 5.32 Å². The van der Waals surface area contributed by atoms with Crippen LogP contribution in [0, 0.1) is 56.7 Å². The minimum atomic E-state index is -0.146. The second kappa shape index (κ2) is 11.1. The van der Waals surface area contributed by atoms with Gasteiger partial charge in [-0.2, -0.15) is 0 Å². The maximum absolute atomic E-state index is 14.0. The molecule has 0 aromatic carbocycles. The molecule has 5 aliphatic carbocycles. The summed E-state index contributed by atoms with van der Waals surface area (Å²) in [5.74, 6) is 3.35. The Morgan fingerprint density at radius 2 is 1.49 bits per heavy atom. The molecule has 0 heterocycles. The van der Waals surface area contributed by atoms with Crippen molar-refractivity contribution >= 4 is 11.9 Å². The summed E-state index contributed by atoms with van der Waals surface area (Å²) in [4.78, 5) is 25.9. The van der Waals surface area contributed by atoms with Gasteiger partial charge >= 0.3 is 5.97 Å². The number of esters is 1. The first-order chi connectivity index (χ1) is 19.2. The molecule has 4 nitrogen and oxygen atoms in total. The van der Waals surface area contributed by atoms with Crippen LogP contribution in [0.25, 0.3) is 0 Å². The summed E-state index contributed by atoms with van der Waals surface area (Å²) in [6.07, 6.45) is 18.5. The topological polar surface area (TPSA) is 55.4 Å². The first-order valence-electron chi connectivity index (χ1n) is 17.7. The third kappa shape index (κ3) is 5.01. The molecule has 5 rings (SSSR count). The highest BCUT2D eigenvalue weighted by Crippen LogP contribution is 2.73. The van der Waals surface area contributed by atoms with Crippen LogP contribution >= 0.6 is 0 Å². The molecule has 7 unspecified atom stereocenters. The Balaban J connectivity index is 1.33. The number of rotatable bonds is 6. The second-order valence-electron chi connectivity index (χ2n) is 17.3. The maximum atomic E-state index is 14.0. The highest BCUT2D eigenvalue weighted by Gasteiger charge is 2.67. The van der Waals surface area contributed by atoms with Gasteiger partial charge in [-0.1, -0.05) is 87.0 Å². The van der Waals surface area contributed by atoms with Gasteiger partial charge in [0.1, 0.15) is 6.10 Å². The average Bonchev–Trinajstić information content (AvgIpc) is 3.36. The molecule has 5 fully saturated rings. The van der Waals surface area contributed by atoms with Crippen molar-refractivity contribution in [3.63, 3.8) is 0 Å². The van der Waals surface area contributed by atoms with E-state index in [4.69, 9.17) is 4.74 Å². The monoisotopic (exact) mass is 569 g/mol. The molecule has 0 aliphatic heterocycles. The summed E-state index contributed by atoms with van der Waals surface area (Å²) in [6, 6.07) is 0. The summed E-state index contributed by atoms with van der Waals surface area (Å²) in [6.45, 7) is 19.9. The quantitative estimate of drug-likeness (QED) is 0.325. The van der Waals surface area contributed by atoms with E-state index in [2.05, 4.69) is 53.8 Å². The van der Waals surface area contributed by atoms with Gasteiger partial charge in [-0.25, -0.2) is 0 Å². The van der Waals surface area contributed by atoms with Gasteiger partial charge < -0.3 is 10.1 Å². The van der Waals surface area contributed by atoms with E-state index in [1.165, 1.54) is 70.6 Å². The summed E-state index contributed by atoms with van der Waals surface area (Å²) in [5.41, 5.74) is 0.473. The van der Waals surface area contributed by atoms with Gasteiger partial charge in [0.25, 0.3) is 0 Å². The molecule has 5 aliphatic rings. The predicted octanol–water partition coefficient (Wildman–Crippen LogP) is 9.11. The molecule has 0 radical (unpaired) electrons. The van der Waals surface area contributed by atoms with E-state index in [-0.39, 0.29) is 39.1 Å². The van der Waals surface area contributed by atoms with Crippen molar-refractivity contribution in [3.8, 4) is 0 Å². The van der Waals surface area contributed by atoms with Crippen LogP contribution < -0.4 is 5.32 Å². The van der Waals surface area contributed by atoms with Gasteiger partial charge in [-0.05, 0) is 104 Å². The van der Waals surface area contributed by atoms with Crippen LogP contribution in [0.15, 0.2) is 0 Å². The Labute approximate surface area is 252 Å². The Morgan fingerprint density at radius 1 is 0.780 bits per heavy atom. The minimum Gasteiger partial charge on any atom is -0.462 e. The number of fused-ring (bicyclic) bond motifs is 3. The molecular weight excluding hydrogens is 506 g/mol. The highest BCUT2D eigenvalue weighted by molar-refractivity contribution is 5.83. The van der Waals surface area contributed by atoms with Crippen LogP contribution in [0.2, 0.25) is 0 Å². The molecule has 41 heavy (non-hydrogen) atoms. The van der Waals surface area contributed by atoms with Gasteiger partial charge in [-0.15, -0.1) is 0 Å². The van der Waals surface area contributed by atoms with Gasteiger partial charge in [0.05, 0.1) is 5.41 Å². The third-order valence-electron chi connectivity index (χ3n) is 15.4. The third-order valence-corrected chi connectivity index (χ3v) is 15.4. The maximum Gasteiger partial charge on any atom is 0.302 e. The molecule has 4 heteroatoms. The molecule has 0 aromatic rings.